The van der Waals surface area contributed by atoms with Gasteiger partial charge in [0.05, 0.1) is 23.7 Å². The van der Waals surface area contributed by atoms with Crippen LogP contribution in [-0.4, -0.2) is 28.6 Å². The predicted molar refractivity (Wildman–Crippen MR) is 109 cm³/mol. The summed E-state index contributed by atoms with van der Waals surface area (Å²) in [4.78, 5) is 25.1. The fourth-order valence-electron chi connectivity index (χ4n) is 3.58. The number of ether oxygens (including phenoxy) is 1. The summed E-state index contributed by atoms with van der Waals surface area (Å²) in [6.07, 6.45) is 0. The van der Waals surface area contributed by atoms with Gasteiger partial charge in [-0.25, -0.2) is 0 Å². The molecule has 1 aliphatic heterocycles. The van der Waals surface area contributed by atoms with Gasteiger partial charge in [-0.1, -0.05) is 30.3 Å². The molecule has 0 fully saturated rings. The second-order valence-electron chi connectivity index (χ2n) is 6.81. The molecule has 7 heteroatoms. The van der Waals surface area contributed by atoms with Crippen LogP contribution in [0.2, 0.25) is 0 Å². The molecule has 4 rings (SSSR count). The monoisotopic (exact) mass is 383 g/mol. The molecule has 0 spiro atoms. The molecule has 1 amide bonds. The van der Waals surface area contributed by atoms with Crippen molar-refractivity contribution in [2.24, 2.45) is 0 Å². The van der Waals surface area contributed by atoms with Gasteiger partial charge in [0.25, 0.3) is 5.56 Å². The van der Waals surface area contributed by atoms with Gasteiger partial charge in [0.15, 0.2) is 0 Å². The molecular weight excluding hydrogens is 362 g/mol. The summed E-state index contributed by atoms with van der Waals surface area (Å²) < 4.78 is 7.23. The third-order valence-electron chi connectivity index (χ3n) is 4.80. The molecule has 1 aliphatic rings. The minimum absolute atomic E-state index is 0.0260. The first kappa shape index (κ1) is 17.7. The minimum atomic E-state index is -0.251. The van der Waals surface area contributed by atoms with Gasteiger partial charge in [-0.3, -0.25) is 19.4 Å². The first-order chi connectivity index (χ1) is 13.0. The zero-order valence-electron chi connectivity index (χ0n) is 15.4. The highest BCUT2D eigenvalue weighted by molar-refractivity contribution is 8.00. The van der Waals surface area contributed by atoms with E-state index in [9.17, 15) is 9.59 Å². The number of nitrogens with zero attached hydrogens (tertiary/aromatic N) is 1. The molecule has 0 aliphatic carbocycles. The van der Waals surface area contributed by atoms with Crippen molar-refractivity contribution < 1.29 is 9.53 Å². The molecule has 0 saturated heterocycles. The summed E-state index contributed by atoms with van der Waals surface area (Å²) in [7, 11) is 1.65. The predicted octanol–water partition coefficient (Wildman–Crippen LogP) is 3.69. The van der Waals surface area contributed by atoms with Crippen LogP contribution in [0.15, 0.2) is 41.2 Å². The lowest BCUT2D eigenvalue weighted by atomic mass is 9.98. The second kappa shape index (κ2) is 6.81. The van der Waals surface area contributed by atoms with Crippen LogP contribution in [0.1, 0.15) is 36.3 Å². The highest BCUT2D eigenvalue weighted by Crippen LogP contribution is 2.44. The van der Waals surface area contributed by atoms with Crippen molar-refractivity contribution in [2.45, 2.75) is 25.1 Å². The molecule has 0 unspecified atom stereocenters. The molecule has 27 heavy (non-hydrogen) atoms. The maximum absolute atomic E-state index is 12.8. The molecule has 1 aromatic heterocycles. The lowest BCUT2D eigenvalue weighted by molar-refractivity contribution is -0.113. The summed E-state index contributed by atoms with van der Waals surface area (Å²) >= 11 is 1.47. The molecule has 140 valence electrons. The van der Waals surface area contributed by atoms with Gasteiger partial charge in [0.1, 0.15) is 11.6 Å². The Morgan fingerprint density at radius 2 is 1.89 bits per heavy atom. The molecule has 3 aromatic rings. The number of hydrogen-bond donors (Lipinski definition) is 2. The number of H-pyrrole nitrogens is 1. The number of fused-ring (bicyclic) bond motifs is 2. The number of methoxy groups -OCH3 is 1. The Labute approximate surface area is 160 Å². The van der Waals surface area contributed by atoms with Gasteiger partial charge >= 0.3 is 0 Å². The summed E-state index contributed by atoms with van der Waals surface area (Å²) in [6, 6.07) is 11.9. The van der Waals surface area contributed by atoms with E-state index < -0.39 is 0 Å². The number of amides is 1. The van der Waals surface area contributed by atoms with E-state index in [2.05, 4.69) is 10.4 Å². The standard InChI is InChI=1S/C20H21N3O3S/c1-11(2)23-19-17(20(25)22-23)18(27-10-16(24)21-19)14-8-9-15(26-3)13-7-5-4-6-12(13)14/h4-9,11,18H,10H2,1-3H3,(H,21,24)(H,22,25)/t18-/m0/s1. The van der Waals surface area contributed by atoms with Crippen molar-refractivity contribution in [3.05, 3.63) is 57.9 Å². The Balaban J connectivity index is 1.98. The van der Waals surface area contributed by atoms with E-state index in [-0.39, 0.29) is 28.5 Å². The first-order valence-electron chi connectivity index (χ1n) is 8.82. The number of thioether (sulfide) groups is 1. The van der Waals surface area contributed by atoms with Crippen molar-refractivity contribution in [2.75, 3.05) is 18.2 Å². The van der Waals surface area contributed by atoms with Crippen LogP contribution in [0.25, 0.3) is 10.8 Å². The van der Waals surface area contributed by atoms with E-state index in [4.69, 9.17) is 4.74 Å². The number of aromatic amines is 1. The van der Waals surface area contributed by atoms with Crippen molar-refractivity contribution in [3.8, 4) is 5.75 Å². The van der Waals surface area contributed by atoms with E-state index in [0.717, 1.165) is 22.1 Å². The summed E-state index contributed by atoms with van der Waals surface area (Å²) in [5.74, 6) is 1.54. The Bertz CT molecular complexity index is 1080. The van der Waals surface area contributed by atoms with Crippen molar-refractivity contribution >= 4 is 34.3 Å². The number of carbonyl (C=O) groups is 1. The van der Waals surface area contributed by atoms with Gasteiger partial charge in [0.2, 0.25) is 5.91 Å². The molecule has 0 saturated carbocycles. The molecule has 1 atom stereocenters. The van der Waals surface area contributed by atoms with Crippen LogP contribution in [0.3, 0.4) is 0 Å². The highest BCUT2D eigenvalue weighted by Gasteiger charge is 2.32. The van der Waals surface area contributed by atoms with E-state index in [0.29, 0.717) is 11.4 Å². The zero-order chi connectivity index (χ0) is 19.1. The summed E-state index contributed by atoms with van der Waals surface area (Å²) in [5, 5.41) is 7.55. The molecule has 0 radical (unpaired) electrons. The van der Waals surface area contributed by atoms with Gasteiger partial charge in [-0.2, -0.15) is 0 Å². The largest absolute Gasteiger partial charge is 0.496 e. The smallest absolute Gasteiger partial charge is 0.270 e. The van der Waals surface area contributed by atoms with Crippen LogP contribution in [0, 0.1) is 0 Å². The lowest BCUT2D eigenvalue weighted by Gasteiger charge is -2.18. The summed E-state index contributed by atoms with van der Waals surface area (Å²) in [5.41, 5.74) is 1.43. The van der Waals surface area contributed by atoms with Gasteiger partial charge < -0.3 is 10.1 Å². The number of rotatable bonds is 3. The maximum atomic E-state index is 12.8. The molecule has 2 aromatic carbocycles. The van der Waals surface area contributed by atoms with Crippen molar-refractivity contribution in [1.29, 1.82) is 0 Å². The molecule has 6 nitrogen and oxygen atoms in total. The lowest BCUT2D eigenvalue weighted by Crippen LogP contribution is -2.17. The third-order valence-corrected chi connectivity index (χ3v) is 6.05. The van der Waals surface area contributed by atoms with Gasteiger partial charge in [0, 0.05) is 11.4 Å². The van der Waals surface area contributed by atoms with Crippen LogP contribution in [0.5, 0.6) is 5.75 Å². The van der Waals surface area contributed by atoms with E-state index >= 15 is 0 Å². The third kappa shape index (κ3) is 2.92. The van der Waals surface area contributed by atoms with Crippen molar-refractivity contribution in [3.63, 3.8) is 0 Å². The van der Waals surface area contributed by atoms with Gasteiger partial charge in [-0.15, -0.1) is 11.8 Å². The number of nitrogens with one attached hydrogen (secondary N) is 2. The highest BCUT2D eigenvalue weighted by atomic mass is 32.2. The van der Waals surface area contributed by atoms with Crippen LogP contribution >= 0.6 is 11.8 Å². The number of anilines is 1. The number of aromatic nitrogens is 2. The van der Waals surface area contributed by atoms with Gasteiger partial charge in [-0.05, 0) is 30.9 Å². The topological polar surface area (TPSA) is 76.1 Å². The Morgan fingerprint density at radius 1 is 1.15 bits per heavy atom. The fraction of sp³-hybridized carbons (Fsp3) is 0.300. The first-order valence-corrected chi connectivity index (χ1v) is 9.87. The normalized spacial score (nSPS) is 16.9. The quantitative estimate of drug-likeness (QED) is 0.723. The Hall–Kier alpha value is -2.67. The number of benzene rings is 2. The molecule has 2 heterocycles. The maximum Gasteiger partial charge on any atom is 0.270 e. The van der Waals surface area contributed by atoms with Crippen LogP contribution < -0.4 is 15.6 Å². The average molecular weight is 383 g/mol. The van der Waals surface area contributed by atoms with Crippen LogP contribution in [0.4, 0.5) is 5.82 Å². The minimum Gasteiger partial charge on any atom is -0.496 e. The average Bonchev–Trinajstić information content (AvgIpc) is 2.88. The van der Waals surface area contributed by atoms with E-state index in [1.165, 1.54) is 11.8 Å². The fourth-order valence-corrected chi connectivity index (χ4v) is 4.74. The van der Waals surface area contributed by atoms with Crippen molar-refractivity contribution in [1.82, 2.24) is 9.78 Å². The zero-order valence-corrected chi connectivity index (χ0v) is 16.2. The SMILES string of the molecule is COc1ccc([C@@H]2SCC(=O)Nc3c2c(=O)[nH]n3C(C)C)c2ccccc12. The Morgan fingerprint density at radius 3 is 2.59 bits per heavy atom. The van der Waals surface area contributed by atoms with Crippen LogP contribution in [-0.2, 0) is 4.79 Å². The number of carbonyl (C=O) groups excluding carboxylic acids is 1. The van der Waals surface area contributed by atoms with E-state index in [1.807, 2.05) is 50.2 Å². The molecule has 2 N–H and O–H groups in total. The molecular formula is C20H21N3O3S. The van der Waals surface area contributed by atoms with E-state index in [1.54, 1.807) is 11.8 Å². The second-order valence-corrected chi connectivity index (χ2v) is 7.90. The Kier molecular flexibility index (Phi) is 4.47. The summed E-state index contributed by atoms with van der Waals surface area (Å²) in [6.45, 7) is 3.94. The molecule has 0 bridgehead atoms. The number of hydrogen-bond acceptors (Lipinski definition) is 4.